The summed E-state index contributed by atoms with van der Waals surface area (Å²) in [4.78, 5) is 24.4. The maximum atomic E-state index is 12.3. The Balaban J connectivity index is 2.29. The van der Waals surface area contributed by atoms with Gasteiger partial charge in [-0.15, -0.1) is 0 Å². The summed E-state index contributed by atoms with van der Waals surface area (Å²) in [6, 6.07) is 4.15. The molecule has 0 spiro atoms. The lowest BCUT2D eigenvalue weighted by atomic mass is 10.1. The first-order valence-electron chi connectivity index (χ1n) is 6.16. The van der Waals surface area contributed by atoms with Crippen LogP contribution in [0.1, 0.15) is 16.8 Å². The molecule has 0 saturated carbocycles. The topological polar surface area (TPSA) is 87.1 Å². The largest absolute Gasteiger partial charge is 0.480 e. The van der Waals surface area contributed by atoms with Crippen LogP contribution in [-0.4, -0.2) is 52.3 Å². The SMILES string of the molecule is O=C(O)[C@@H]1CC(O)CN1C(=O)c1ccccc1OC(F)F. The van der Waals surface area contributed by atoms with E-state index in [1.807, 2.05) is 0 Å². The Morgan fingerprint density at radius 1 is 1.33 bits per heavy atom. The first kappa shape index (κ1) is 15.2. The van der Waals surface area contributed by atoms with Crippen LogP contribution in [0.5, 0.6) is 5.75 Å². The van der Waals surface area contributed by atoms with Crippen LogP contribution in [0.2, 0.25) is 0 Å². The summed E-state index contributed by atoms with van der Waals surface area (Å²) in [5, 5.41) is 18.6. The van der Waals surface area contributed by atoms with Crippen molar-refractivity contribution in [2.24, 2.45) is 0 Å². The molecule has 2 N–H and O–H groups in total. The number of likely N-dealkylation sites (tertiary alicyclic amines) is 1. The Kier molecular flexibility index (Phi) is 4.37. The average molecular weight is 301 g/mol. The van der Waals surface area contributed by atoms with E-state index in [1.165, 1.54) is 24.3 Å². The van der Waals surface area contributed by atoms with Crippen LogP contribution in [0.4, 0.5) is 8.78 Å². The Hall–Kier alpha value is -2.22. The van der Waals surface area contributed by atoms with Crippen molar-refractivity contribution in [3.05, 3.63) is 29.8 Å². The number of rotatable bonds is 4. The van der Waals surface area contributed by atoms with E-state index >= 15 is 0 Å². The van der Waals surface area contributed by atoms with Crippen molar-refractivity contribution in [2.45, 2.75) is 25.2 Å². The van der Waals surface area contributed by atoms with Gasteiger partial charge in [0.25, 0.3) is 5.91 Å². The summed E-state index contributed by atoms with van der Waals surface area (Å²) in [6.45, 7) is -3.27. The minimum absolute atomic E-state index is 0.0983. The number of alkyl halides is 2. The number of carbonyl (C=O) groups is 2. The number of aliphatic hydroxyl groups excluding tert-OH is 1. The van der Waals surface area contributed by atoms with Crippen LogP contribution in [0, 0.1) is 0 Å². The second-order valence-corrected chi connectivity index (χ2v) is 4.58. The molecule has 1 unspecified atom stereocenters. The minimum Gasteiger partial charge on any atom is -0.480 e. The number of hydrogen-bond donors (Lipinski definition) is 2. The zero-order valence-corrected chi connectivity index (χ0v) is 10.8. The van der Waals surface area contributed by atoms with Crippen LogP contribution >= 0.6 is 0 Å². The van der Waals surface area contributed by atoms with Gasteiger partial charge in [-0.2, -0.15) is 8.78 Å². The van der Waals surface area contributed by atoms with Gasteiger partial charge in [0, 0.05) is 13.0 Å². The number of halogens is 2. The fraction of sp³-hybridized carbons (Fsp3) is 0.385. The number of aliphatic carboxylic acids is 1. The molecule has 1 aromatic carbocycles. The fourth-order valence-electron chi connectivity index (χ4n) is 2.27. The van der Waals surface area contributed by atoms with Crippen molar-refractivity contribution in [2.75, 3.05) is 6.54 Å². The molecule has 1 aliphatic rings. The number of amides is 1. The lowest BCUT2D eigenvalue weighted by molar-refractivity contribution is -0.141. The van der Waals surface area contributed by atoms with E-state index in [0.29, 0.717) is 0 Å². The number of hydrogen-bond acceptors (Lipinski definition) is 4. The van der Waals surface area contributed by atoms with E-state index in [0.717, 1.165) is 4.90 Å². The molecule has 21 heavy (non-hydrogen) atoms. The Morgan fingerprint density at radius 3 is 2.62 bits per heavy atom. The van der Waals surface area contributed by atoms with Crippen LogP contribution in [-0.2, 0) is 4.79 Å². The van der Waals surface area contributed by atoms with Crippen molar-refractivity contribution in [3.63, 3.8) is 0 Å². The van der Waals surface area contributed by atoms with Gasteiger partial charge in [-0.05, 0) is 12.1 Å². The first-order chi connectivity index (χ1) is 9.90. The van der Waals surface area contributed by atoms with E-state index < -0.39 is 30.6 Å². The van der Waals surface area contributed by atoms with E-state index in [2.05, 4.69) is 4.74 Å². The van der Waals surface area contributed by atoms with Crippen LogP contribution in [0.25, 0.3) is 0 Å². The quantitative estimate of drug-likeness (QED) is 0.864. The Bertz CT molecular complexity index is 551. The van der Waals surface area contributed by atoms with E-state index in [4.69, 9.17) is 5.11 Å². The van der Waals surface area contributed by atoms with Crippen molar-refractivity contribution < 1.29 is 33.3 Å². The van der Waals surface area contributed by atoms with Crippen LogP contribution in [0.3, 0.4) is 0 Å². The zero-order valence-electron chi connectivity index (χ0n) is 10.8. The Morgan fingerprint density at radius 2 is 2.00 bits per heavy atom. The average Bonchev–Trinajstić information content (AvgIpc) is 2.80. The van der Waals surface area contributed by atoms with Crippen molar-refractivity contribution in [3.8, 4) is 5.75 Å². The highest BCUT2D eigenvalue weighted by atomic mass is 19.3. The Labute approximate surface area is 118 Å². The van der Waals surface area contributed by atoms with Crippen LogP contribution < -0.4 is 4.74 Å². The first-order valence-corrected chi connectivity index (χ1v) is 6.16. The summed E-state index contributed by atoms with van der Waals surface area (Å²) in [5.41, 5.74) is -0.168. The normalized spacial score (nSPS) is 21.6. The van der Waals surface area contributed by atoms with Crippen molar-refractivity contribution >= 4 is 11.9 Å². The molecule has 1 aromatic rings. The number of aliphatic hydroxyl groups is 1. The van der Waals surface area contributed by atoms with E-state index in [-0.39, 0.29) is 24.3 Å². The molecule has 8 heteroatoms. The van der Waals surface area contributed by atoms with E-state index in [9.17, 15) is 23.5 Å². The highest BCUT2D eigenvalue weighted by molar-refractivity contribution is 5.99. The fourth-order valence-corrected chi connectivity index (χ4v) is 2.27. The molecule has 0 aliphatic carbocycles. The van der Waals surface area contributed by atoms with Gasteiger partial charge in [0.15, 0.2) is 0 Å². The molecule has 0 radical (unpaired) electrons. The number of ether oxygens (including phenoxy) is 1. The third-order valence-electron chi connectivity index (χ3n) is 3.16. The summed E-state index contributed by atoms with van der Waals surface area (Å²) in [7, 11) is 0. The number of nitrogens with zero attached hydrogens (tertiary/aromatic N) is 1. The molecule has 1 aliphatic heterocycles. The van der Waals surface area contributed by atoms with Crippen molar-refractivity contribution in [1.29, 1.82) is 0 Å². The molecule has 1 fully saturated rings. The molecule has 6 nitrogen and oxygen atoms in total. The van der Waals surface area contributed by atoms with Gasteiger partial charge in [0.1, 0.15) is 11.8 Å². The predicted octanol–water partition coefficient (Wildman–Crippen LogP) is 0.948. The highest BCUT2D eigenvalue weighted by Crippen LogP contribution is 2.26. The third kappa shape index (κ3) is 3.27. The van der Waals surface area contributed by atoms with Crippen molar-refractivity contribution in [1.82, 2.24) is 4.90 Å². The smallest absolute Gasteiger partial charge is 0.387 e. The molecule has 2 atom stereocenters. The molecule has 1 saturated heterocycles. The van der Waals surface area contributed by atoms with Gasteiger partial charge >= 0.3 is 12.6 Å². The number of benzene rings is 1. The summed E-state index contributed by atoms with van der Waals surface area (Å²) < 4.78 is 28.9. The number of β-amino-alcohol motifs (C(OH)–C–C–N with tert-alkyl or cyclic N) is 1. The number of carbonyl (C=O) groups excluding carboxylic acids is 1. The lowest BCUT2D eigenvalue weighted by Crippen LogP contribution is -2.40. The molecule has 1 heterocycles. The summed E-state index contributed by atoms with van der Waals surface area (Å²) in [6.07, 6.45) is -1.06. The monoisotopic (exact) mass is 301 g/mol. The maximum Gasteiger partial charge on any atom is 0.387 e. The van der Waals surface area contributed by atoms with Gasteiger partial charge < -0.3 is 19.8 Å². The maximum absolute atomic E-state index is 12.3. The molecule has 0 aromatic heterocycles. The molecular weight excluding hydrogens is 288 g/mol. The van der Waals surface area contributed by atoms with Gasteiger partial charge in [-0.25, -0.2) is 4.79 Å². The molecule has 114 valence electrons. The minimum atomic E-state index is -3.10. The van der Waals surface area contributed by atoms with Gasteiger partial charge in [0.2, 0.25) is 0 Å². The third-order valence-corrected chi connectivity index (χ3v) is 3.16. The summed E-state index contributed by atoms with van der Waals surface area (Å²) in [5.74, 6) is -2.36. The molecular formula is C13H13F2NO5. The van der Waals surface area contributed by atoms with Gasteiger partial charge in [-0.1, -0.05) is 12.1 Å². The number of para-hydroxylation sites is 1. The standard InChI is InChI=1S/C13H13F2NO5/c14-13(15)21-10-4-2-1-3-8(10)11(18)16-6-7(17)5-9(16)12(19)20/h1-4,7,9,13,17H,5-6H2,(H,19,20)/t7?,9-/m0/s1. The second kappa shape index (κ2) is 6.04. The molecule has 1 amide bonds. The second-order valence-electron chi connectivity index (χ2n) is 4.58. The van der Waals surface area contributed by atoms with Crippen LogP contribution in [0.15, 0.2) is 24.3 Å². The molecule has 2 rings (SSSR count). The lowest BCUT2D eigenvalue weighted by Gasteiger charge is -2.22. The summed E-state index contributed by atoms with van der Waals surface area (Å²) >= 11 is 0. The predicted molar refractivity (Wildman–Crippen MR) is 66.2 cm³/mol. The number of carboxylic acids is 1. The van der Waals surface area contributed by atoms with E-state index in [1.54, 1.807) is 0 Å². The number of carboxylic acid groups (broad SMARTS) is 1. The molecule has 0 bridgehead atoms. The zero-order chi connectivity index (χ0) is 15.6. The highest BCUT2D eigenvalue weighted by Gasteiger charge is 2.40. The van der Waals surface area contributed by atoms with Gasteiger partial charge in [-0.3, -0.25) is 4.79 Å². The van der Waals surface area contributed by atoms with Gasteiger partial charge in [0.05, 0.1) is 11.7 Å².